The van der Waals surface area contributed by atoms with Crippen LogP contribution in [-0.4, -0.2) is 11.7 Å². The van der Waals surface area contributed by atoms with Gasteiger partial charge in [-0.2, -0.15) is 4.57 Å². The van der Waals surface area contributed by atoms with E-state index in [-0.39, 0.29) is 17.0 Å². The van der Waals surface area contributed by atoms with Crippen molar-refractivity contribution < 1.29 is 26.3 Å². The summed E-state index contributed by atoms with van der Waals surface area (Å²) < 4.78 is 11.3. The molecule has 0 N–H and O–H groups in total. The van der Waals surface area contributed by atoms with E-state index in [1.54, 1.807) is 7.11 Å². The largest absolute Gasteiger partial charge is 1.00 e. The Bertz CT molecular complexity index is 870. The molecule has 26 heavy (non-hydrogen) atoms. The van der Waals surface area contributed by atoms with Gasteiger partial charge >= 0.3 is 0 Å². The Morgan fingerprint density at radius 3 is 2.38 bits per heavy atom. The Morgan fingerprint density at radius 2 is 1.69 bits per heavy atom. The molecule has 0 radical (unpaired) electrons. The minimum absolute atomic E-state index is 0. The second-order valence-electron chi connectivity index (χ2n) is 6.47. The third-order valence-corrected chi connectivity index (χ3v) is 5.41. The highest BCUT2D eigenvalue weighted by atomic mass is 79.9. The van der Waals surface area contributed by atoms with Gasteiger partial charge in [-0.25, -0.2) is 4.57 Å². The fraction of sp³-hybridized carbons (Fsp3) is 0.286. The third kappa shape index (κ3) is 3.74. The van der Waals surface area contributed by atoms with Gasteiger partial charge in [0.05, 0.1) is 13.7 Å². The Morgan fingerprint density at radius 1 is 0.962 bits per heavy atom. The van der Waals surface area contributed by atoms with Gasteiger partial charge in [0.15, 0.2) is 5.69 Å². The number of aryl methyl sites for hydroxylation is 1. The molecule has 4 rings (SSSR count). The van der Waals surface area contributed by atoms with Crippen LogP contribution in [0.4, 0.5) is 0 Å². The van der Waals surface area contributed by atoms with Crippen LogP contribution >= 0.6 is 15.9 Å². The van der Waals surface area contributed by atoms with Crippen LogP contribution in [0.25, 0.3) is 16.9 Å². The summed E-state index contributed by atoms with van der Waals surface area (Å²) in [5, 5.41) is 0. The highest BCUT2D eigenvalue weighted by Gasteiger charge is 2.27. The quantitative estimate of drug-likeness (QED) is 0.527. The molecule has 2 heterocycles. The fourth-order valence-corrected chi connectivity index (χ4v) is 3.85. The third-order valence-electron chi connectivity index (χ3n) is 4.88. The number of fused-ring (bicyclic) bond motifs is 1. The summed E-state index contributed by atoms with van der Waals surface area (Å²) in [4.78, 5) is 0. The molecule has 0 aliphatic carbocycles. The Kier molecular flexibility index (Phi) is 6.20. The fourth-order valence-electron chi connectivity index (χ4n) is 3.58. The van der Waals surface area contributed by atoms with Crippen LogP contribution in [0.3, 0.4) is 0 Å². The van der Waals surface area contributed by atoms with Gasteiger partial charge in [0.2, 0.25) is 0 Å². The first kappa shape index (κ1) is 19.2. The lowest BCUT2D eigenvalue weighted by molar-refractivity contribution is -0.702. The lowest BCUT2D eigenvalue weighted by atomic mass is 10.1. The SMILES string of the molecule is COc1ccc(-c2c[n+]3c(n2-c2ccc(Br)cc2)CCCCC3)cc1.[Br-]. The second-order valence-corrected chi connectivity index (χ2v) is 7.39. The average Bonchev–Trinajstić information content (AvgIpc) is 2.85. The van der Waals surface area contributed by atoms with Gasteiger partial charge in [-0.1, -0.05) is 15.9 Å². The van der Waals surface area contributed by atoms with E-state index in [0.29, 0.717) is 0 Å². The molecule has 0 atom stereocenters. The van der Waals surface area contributed by atoms with Crippen LogP contribution in [0.1, 0.15) is 25.1 Å². The molecule has 2 aromatic carbocycles. The highest BCUT2D eigenvalue weighted by Crippen LogP contribution is 2.28. The topological polar surface area (TPSA) is 18.0 Å². The number of nitrogens with zero attached hydrogens (tertiary/aromatic N) is 2. The van der Waals surface area contributed by atoms with Crippen molar-refractivity contribution in [2.75, 3.05) is 7.11 Å². The van der Waals surface area contributed by atoms with E-state index in [1.165, 1.54) is 42.0 Å². The van der Waals surface area contributed by atoms with Crippen molar-refractivity contribution in [3.05, 3.63) is 65.0 Å². The molecule has 0 bridgehead atoms. The van der Waals surface area contributed by atoms with Crippen molar-refractivity contribution in [1.29, 1.82) is 0 Å². The average molecular weight is 478 g/mol. The van der Waals surface area contributed by atoms with Crippen LogP contribution in [0.2, 0.25) is 0 Å². The van der Waals surface area contributed by atoms with Crippen molar-refractivity contribution in [3.63, 3.8) is 0 Å². The summed E-state index contributed by atoms with van der Waals surface area (Å²) in [6.45, 7) is 1.10. The maximum absolute atomic E-state index is 5.31. The summed E-state index contributed by atoms with van der Waals surface area (Å²) in [5.74, 6) is 2.28. The maximum atomic E-state index is 5.31. The highest BCUT2D eigenvalue weighted by molar-refractivity contribution is 9.10. The minimum atomic E-state index is 0. The molecule has 1 aliphatic rings. The van der Waals surface area contributed by atoms with Crippen molar-refractivity contribution >= 4 is 15.9 Å². The van der Waals surface area contributed by atoms with E-state index in [0.717, 1.165) is 23.2 Å². The number of methoxy groups -OCH3 is 1. The molecule has 3 aromatic rings. The second kappa shape index (κ2) is 8.40. The van der Waals surface area contributed by atoms with E-state index in [2.05, 4.69) is 67.7 Å². The lowest BCUT2D eigenvalue weighted by Crippen LogP contribution is -3.00. The van der Waals surface area contributed by atoms with E-state index < -0.39 is 0 Å². The van der Waals surface area contributed by atoms with Crippen LogP contribution in [0.5, 0.6) is 5.75 Å². The van der Waals surface area contributed by atoms with Gasteiger partial charge in [-0.05, 0) is 67.8 Å². The number of rotatable bonds is 3. The number of halogens is 2. The summed E-state index contributed by atoms with van der Waals surface area (Å²) >= 11 is 3.55. The molecule has 0 amide bonds. The molecule has 136 valence electrons. The summed E-state index contributed by atoms with van der Waals surface area (Å²) in [5.41, 5.74) is 3.66. The first-order valence-corrected chi connectivity index (χ1v) is 9.60. The smallest absolute Gasteiger partial charge is 0.262 e. The molecule has 0 saturated carbocycles. The van der Waals surface area contributed by atoms with Gasteiger partial charge in [0.25, 0.3) is 5.82 Å². The Labute approximate surface area is 173 Å². The van der Waals surface area contributed by atoms with Gasteiger partial charge in [-0.15, -0.1) is 0 Å². The summed E-state index contributed by atoms with van der Waals surface area (Å²) in [6.07, 6.45) is 7.24. The first-order chi connectivity index (χ1) is 12.3. The van der Waals surface area contributed by atoms with E-state index >= 15 is 0 Å². The molecule has 0 saturated heterocycles. The van der Waals surface area contributed by atoms with Crippen LogP contribution in [-0.2, 0) is 13.0 Å². The zero-order chi connectivity index (χ0) is 17.2. The van der Waals surface area contributed by atoms with Crippen molar-refractivity contribution in [2.45, 2.75) is 32.2 Å². The van der Waals surface area contributed by atoms with Crippen LogP contribution < -0.4 is 26.3 Å². The molecule has 1 aromatic heterocycles. The lowest BCUT2D eigenvalue weighted by Gasteiger charge is -2.06. The maximum Gasteiger partial charge on any atom is 0.262 e. The molecule has 0 spiro atoms. The summed E-state index contributed by atoms with van der Waals surface area (Å²) in [6, 6.07) is 16.9. The molecule has 0 fully saturated rings. The predicted octanol–water partition coefficient (Wildman–Crippen LogP) is 1.93. The van der Waals surface area contributed by atoms with Gasteiger partial charge in [0.1, 0.15) is 17.6 Å². The molecular formula is C21H22Br2N2O. The minimum Gasteiger partial charge on any atom is -1.00 e. The monoisotopic (exact) mass is 476 g/mol. The van der Waals surface area contributed by atoms with Crippen LogP contribution in [0.15, 0.2) is 59.2 Å². The predicted molar refractivity (Wildman–Crippen MR) is 103 cm³/mol. The van der Waals surface area contributed by atoms with E-state index in [9.17, 15) is 0 Å². The van der Waals surface area contributed by atoms with Crippen molar-refractivity contribution in [2.24, 2.45) is 0 Å². The zero-order valence-electron chi connectivity index (χ0n) is 14.8. The van der Waals surface area contributed by atoms with E-state index in [1.807, 2.05) is 12.1 Å². The molecule has 1 aliphatic heterocycles. The molecular weight excluding hydrogens is 456 g/mol. The van der Waals surface area contributed by atoms with Crippen LogP contribution in [0, 0.1) is 0 Å². The number of aromatic nitrogens is 2. The number of hydrogen-bond donors (Lipinski definition) is 0. The Hall–Kier alpha value is -1.59. The Balaban J connectivity index is 0.00000196. The standard InChI is InChI=1S/C21H22BrN2O.BrH/c1-25-19-12-6-16(7-13-19)20-15-23-14-4-2-3-5-21(23)24(20)18-10-8-17(22)9-11-18;/h6-13,15H,2-5,14H2,1H3;1H/q+1;/p-1. The zero-order valence-corrected chi connectivity index (χ0v) is 18.0. The van der Waals surface area contributed by atoms with Crippen molar-refractivity contribution in [3.8, 4) is 22.7 Å². The van der Waals surface area contributed by atoms with Crippen molar-refractivity contribution in [1.82, 2.24) is 4.57 Å². The number of hydrogen-bond acceptors (Lipinski definition) is 1. The van der Waals surface area contributed by atoms with Gasteiger partial charge < -0.3 is 21.7 Å². The number of imidazole rings is 1. The molecule has 5 heteroatoms. The normalized spacial score (nSPS) is 13.5. The molecule has 0 unspecified atom stereocenters. The van der Waals surface area contributed by atoms with Gasteiger partial charge in [0, 0.05) is 16.5 Å². The number of benzene rings is 2. The summed E-state index contributed by atoms with van der Waals surface area (Å²) in [7, 11) is 1.71. The molecule has 3 nitrogen and oxygen atoms in total. The number of ether oxygens (including phenoxy) is 1. The van der Waals surface area contributed by atoms with E-state index in [4.69, 9.17) is 4.74 Å². The first-order valence-electron chi connectivity index (χ1n) is 8.81. The van der Waals surface area contributed by atoms with Gasteiger partial charge in [-0.3, -0.25) is 0 Å².